The van der Waals surface area contributed by atoms with Gasteiger partial charge in [0.25, 0.3) is 5.91 Å². The summed E-state index contributed by atoms with van der Waals surface area (Å²) in [6.45, 7) is 0.577. The summed E-state index contributed by atoms with van der Waals surface area (Å²) in [7, 11) is 3.04. The van der Waals surface area contributed by atoms with Crippen LogP contribution in [0.4, 0.5) is 11.4 Å². The number of aromatic nitrogens is 1. The Bertz CT molecular complexity index is 1450. The number of hydrogen-bond acceptors (Lipinski definition) is 5. The molecule has 4 aromatic rings. The standard InChI is InChI=1S/C28H24ClN3O4/c1-35-20-11-12-21(24(15-20)36-2)28(34)30-19-9-7-17(8-10-19)27(33)26-23-13-14-25(29)32(23)16-18-5-3-4-6-22(18)31-26/h3-15,26,31H,16H2,1-2H3,(H,30,34). The van der Waals surface area contributed by atoms with Crippen LogP contribution in [0.15, 0.2) is 78.9 Å². The Labute approximate surface area is 213 Å². The van der Waals surface area contributed by atoms with E-state index in [1.165, 1.54) is 7.11 Å². The van der Waals surface area contributed by atoms with Crippen molar-refractivity contribution in [3.05, 3.63) is 106 Å². The molecule has 1 aromatic heterocycles. The molecule has 0 radical (unpaired) electrons. The fourth-order valence-corrected chi connectivity index (χ4v) is 4.56. The number of ketones is 1. The van der Waals surface area contributed by atoms with E-state index in [1.807, 2.05) is 34.9 Å². The first-order valence-electron chi connectivity index (χ1n) is 11.4. The van der Waals surface area contributed by atoms with E-state index < -0.39 is 6.04 Å². The molecule has 1 aliphatic rings. The molecule has 3 aromatic carbocycles. The topological polar surface area (TPSA) is 81.6 Å². The molecule has 0 bridgehead atoms. The first-order valence-corrected chi connectivity index (χ1v) is 11.7. The Morgan fingerprint density at radius 2 is 1.75 bits per heavy atom. The maximum atomic E-state index is 13.6. The number of carbonyl (C=O) groups excluding carboxylic acids is 2. The van der Waals surface area contributed by atoms with Crippen molar-refractivity contribution >= 4 is 34.7 Å². The van der Waals surface area contributed by atoms with E-state index in [0.717, 1.165) is 16.9 Å². The van der Waals surface area contributed by atoms with Crippen LogP contribution >= 0.6 is 11.6 Å². The highest BCUT2D eigenvalue weighted by Crippen LogP contribution is 2.34. The monoisotopic (exact) mass is 501 g/mol. The minimum Gasteiger partial charge on any atom is -0.497 e. The van der Waals surface area contributed by atoms with Gasteiger partial charge in [-0.3, -0.25) is 9.59 Å². The zero-order chi connectivity index (χ0) is 25.2. The Balaban J connectivity index is 1.38. The summed E-state index contributed by atoms with van der Waals surface area (Å²) in [6, 6.07) is 22.8. The molecular weight excluding hydrogens is 478 g/mol. The van der Waals surface area contributed by atoms with E-state index in [4.69, 9.17) is 21.1 Å². The van der Waals surface area contributed by atoms with E-state index in [9.17, 15) is 9.59 Å². The number of rotatable bonds is 6. The molecule has 8 heteroatoms. The minimum absolute atomic E-state index is 0.0996. The molecule has 1 atom stereocenters. The number of methoxy groups -OCH3 is 2. The maximum Gasteiger partial charge on any atom is 0.259 e. The smallest absolute Gasteiger partial charge is 0.259 e. The first kappa shape index (κ1) is 23.5. The van der Waals surface area contributed by atoms with Crippen LogP contribution in [-0.4, -0.2) is 30.5 Å². The van der Waals surface area contributed by atoms with Crippen molar-refractivity contribution in [3.63, 3.8) is 0 Å². The summed E-state index contributed by atoms with van der Waals surface area (Å²) in [4.78, 5) is 26.4. The predicted octanol–water partition coefficient (Wildman–Crippen LogP) is 5.81. The summed E-state index contributed by atoms with van der Waals surface area (Å²) in [5, 5.41) is 6.82. The third kappa shape index (κ3) is 4.41. The van der Waals surface area contributed by atoms with Gasteiger partial charge in [-0.1, -0.05) is 29.8 Å². The van der Waals surface area contributed by atoms with Gasteiger partial charge in [0.15, 0.2) is 5.78 Å². The second-order valence-corrected chi connectivity index (χ2v) is 8.75. The lowest BCUT2D eigenvalue weighted by molar-refractivity contribution is 0.0966. The van der Waals surface area contributed by atoms with Crippen LogP contribution < -0.4 is 20.1 Å². The lowest BCUT2D eigenvalue weighted by Crippen LogP contribution is -2.22. The van der Waals surface area contributed by atoms with Crippen LogP contribution in [0.5, 0.6) is 11.5 Å². The molecule has 2 N–H and O–H groups in total. The van der Waals surface area contributed by atoms with Gasteiger partial charge in [0.05, 0.1) is 26.3 Å². The number of amides is 1. The lowest BCUT2D eigenvalue weighted by atomic mass is 10.0. The first-order chi connectivity index (χ1) is 17.5. The SMILES string of the molecule is COc1ccc(C(=O)Nc2ccc(C(=O)C3Nc4ccccc4Cn4c(Cl)ccc43)cc2)c(OC)c1. The zero-order valence-corrected chi connectivity index (χ0v) is 20.5. The Kier molecular flexibility index (Phi) is 6.40. The summed E-state index contributed by atoms with van der Waals surface area (Å²) < 4.78 is 12.5. The van der Waals surface area contributed by atoms with Gasteiger partial charge in [-0.05, 0) is 60.2 Å². The number of carbonyl (C=O) groups is 2. The molecular formula is C28H24ClN3O4. The molecule has 1 amide bonds. The molecule has 5 rings (SSSR count). The van der Waals surface area contributed by atoms with Gasteiger partial charge < -0.3 is 24.7 Å². The van der Waals surface area contributed by atoms with Crippen molar-refractivity contribution in [3.8, 4) is 11.5 Å². The summed E-state index contributed by atoms with van der Waals surface area (Å²) in [6.07, 6.45) is 0. The molecule has 7 nitrogen and oxygen atoms in total. The predicted molar refractivity (Wildman–Crippen MR) is 140 cm³/mol. The van der Waals surface area contributed by atoms with Crippen molar-refractivity contribution in [2.45, 2.75) is 12.6 Å². The van der Waals surface area contributed by atoms with E-state index in [1.54, 1.807) is 55.6 Å². The van der Waals surface area contributed by atoms with Crippen LogP contribution in [0.2, 0.25) is 5.15 Å². The summed E-state index contributed by atoms with van der Waals surface area (Å²) in [5.41, 5.74) is 4.19. The second kappa shape index (κ2) is 9.79. The highest BCUT2D eigenvalue weighted by molar-refractivity contribution is 6.29. The third-order valence-electron chi connectivity index (χ3n) is 6.25. The van der Waals surface area contributed by atoms with E-state index >= 15 is 0 Å². The number of hydrogen-bond donors (Lipinski definition) is 2. The molecule has 0 aliphatic carbocycles. The van der Waals surface area contributed by atoms with Crippen molar-refractivity contribution in [2.24, 2.45) is 0 Å². The van der Waals surface area contributed by atoms with E-state index in [0.29, 0.717) is 40.0 Å². The Morgan fingerprint density at radius 3 is 2.50 bits per heavy atom. The lowest BCUT2D eigenvalue weighted by Gasteiger charge is -2.18. The summed E-state index contributed by atoms with van der Waals surface area (Å²) in [5.74, 6) is 0.564. The van der Waals surface area contributed by atoms with Crippen LogP contribution in [0.1, 0.15) is 38.0 Å². The van der Waals surface area contributed by atoms with E-state index in [-0.39, 0.29) is 11.7 Å². The highest BCUT2D eigenvalue weighted by atomic mass is 35.5. The van der Waals surface area contributed by atoms with Crippen molar-refractivity contribution < 1.29 is 19.1 Å². The fourth-order valence-electron chi connectivity index (χ4n) is 4.34. The Hall–Kier alpha value is -4.23. The average Bonchev–Trinajstić information content (AvgIpc) is 3.17. The number of Topliss-reactive ketones (excluding diaryl/α,β-unsaturated/α-hetero) is 1. The molecule has 0 saturated heterocycles. The number of nitrogens with one attached hydrogen (secondary N) is 2. The van der Waals surface area contributed by atoms with Gasteiger partial charge in [-0.2, -0.15) is 0 Å². The third-order valence-corrected chi connectivity index (χ3v) is 6.58. The number of halogens is 1. The number of fused-ring (bicyclic) bond motifs is 2. The molecule has 1 aliphatic heterocycles. The van der Waals surface area contributed by atoms with Gasteiger partial charge in [-0.25, -0.2) is 0 Å². The average molecular weight is 502 g/mol. The summed E-state index contributed by atoms with van der Waals surface area (Å²) >= 11 is 6.44. The maximum absolute atomic E-state index is 13.6. The molecule has 2 heterocycles. The zero-order valence-electron chi connectivity index (χ0n) is 19.7. The second-order valence-electron chi connectivity index (χ2n) is 8.36. The largest absolute Gasteiger partial charge is 0.497 e. The van der Waals surface area contributed by atoms with Gasteiger partial charge >= 0.3 is 0 Å². The Morgan fingerprint density at radius 1 is 0.972 bits per heavy atom. The molecule has 36 heavy (non-hydrogen) atoms. The van der Waals surface area contributed by atoms with Crippen LogP contribution in [0.3, 0.4) is 0 Å². The van der Waals surface area contributed by atoms with Gasteiger partial charge in [-0.15, -0.1) is 0 Å². The normalized spacial score (nSPS) is 14.0. The number of anilines is 2. The number of ether oxygens (including phenoxy) is 2. The fraction of sp³-hybridized carbons (Fsp3) is 0.143. The highest BCUT2D eigenvalue weighted by Gasteiger charge is 2.29. The molecule has 1 unspecified atom stereocenters. The molecule has 0 fully saturated rings. The van der Waals surface area contributed by atoms with Gasteiger partial charge in [0, 0.05) is 28.7 Å². The van der Waals surface area contributed by atoms with Gasteiger partial charge in [0.2, 0.25) is 0 Å². The van der Waals surface area contributed by atoms with Crippen molar-refractivity contribution in [1.29, 1.82) is 0 Å². The van der Waals surface area contributed by atoms with Crippen molar-refractivity contribution in [1.82, 2.24) is 4.57 Å². The van der Waals surface area contributed by atoms with Crippen LogP contribution in [0, 0.1) is 0 Å². The van der Waals surface area contributed by atoms with E-state index in [2.05, 4.69) is 10.6 Å². The number of benzene rings is 3. The molecule has 0 saturated carbocycles. The minimum atomic E-state index is -0.606. The number of para-hydroxylation sites is 1. The molecule has 182 valence electrons. The van der Waals surface area contributed by atoms with Crippen LogP contribution in [0.25, 0.3) is 0 Å². The molecule has 0 spiro atoms. The number of nitrogens with zero attached hydrogens (tertiary/aromatic N) is 1. The quantitative estimate of drug-likeness (QED) is 0.326. The van der Waals surface area contributed by atoms with Crippen molar-refractivity contribution in [2.75, 3.05) is 24.9 Å². The van der Waals surface area contributed by atoms with Gasteiger partial charge in [0.1, 0.15) is 22.7 Å². The van der Waals surface area contributed by atoms with Crippen LogP contribution in [-0.2, 0) is 6.54 Å².